The van der Waals surface area contributed by atoms with Crippen LogP contribution in [0.1, 0.15) is 18.4 Å². The monoisotopic (exact) mass is 288 g/mol. The highest BCUT2D eigenvalue weighted by Gasteiger charge is 2.51. The van der Waals surface area contributed by atoms with Crippen molar-refractivity contribution in [1.29, 1.82) is 0 Å². The lowest BCUT2D eigenvalue weighted by Crippen LogP contribution is -2.19. The average molecular weight is 289 g/mol. The molecule has 20 heavy (non-hydrogen) atoms. The molecule has 3 rings (SSSR count). The summed E-state index contributed by atoms with van der Waals surface area (Å²) in [6.45, 7) is 0. The molecule has 0 spiro atoms. The number of phenolic OH excluding ortho intramolecular Hbond substituents is 1. The van der Waals surface area contributed by atoms with E-state index < -0.39 is 11.4 Å². The van der Waals surface area contributed by atoms with Gasteiger partial charge in [0.15, 0.2) is 0 Å². The maximum Gasteiger partial charge on any atom is 0.314 e. The van der Waals surface area contributed by atoms with Crippen LogP contribution in [0.15, 0.2) is 42.5 Å². The van der Waals surface area contributed by atoms with Crippen molar-refractivity contribution in [1.82, 2.24) is 0 Å². The summed E-state index contributed by atoms with van der Waals surface area (Å²) >= 11 is 6.12. The van der Waals surface area contributed by atoms with Crippen molar-refractivity contribution in [3.8, 4) is 16.9 Å². The lowest BCUT2D eigenvalue weighted by molar-refractivity contribution is -0.140. The molecule has 0 amide bonds. The van der Waals surface area contributed by atoms with E-state index in [1.807, 2.05) is 24.3 Å². The van der Waals surface area contributed by atoms with E-state index in [1.54, 1.807) is 12.1 Å². The molecule has 1 aliphatic rings. The van der Waals surface area contributed by atoms with Crippen LogP contribution in [0.2, 0.25) is 5.02 Å². The third-order valence-corrected chi connectivity index (χ3v) is 4.19. The van der Waals surface area contributed by atoms with Crippen LogP contribution in [0.4, 0.5) is 0 Å². The van der Waals surface area contributed by atoms with Crippen LogP contribution in [-0.2, 0) is 10.2 Å². The number of rotatable bonds is 3. The summed E-state index contributed by atoms with van der Waals surface area (Å²) in [6, 6.07) is 12.1. The van der Waals surface area contributed by atoms with E-state index in [1.165, 1.54) is 6.07 Å². The zero-order valence-electron chi connectivity index (χ0n) is 10.6. The Bertz CT molecular complexity index is 673. The number of carboxylic acids is 1. The number of benzene rings is 2. The quantitative estimate of drug-likeness (QED) is 0.902. The van der Waals surface area contributed by atoms with Crippen molar-refractivity contribution < 1.29 is 15.0 Å². The Hall–Kier alpha value is -2.00. The summed E-state index contributed by atoms with van der Waals surface area (Å²) in [5, 5.41) is 19.3. The van der Waals surface area contributed by atoms with Crippen molar-refractivity contribution in [3.63, 3.8) is 0 Å². The molecule has 0 saturated heterocycles. The van der Waals surface area contributed by atoms with Crippen molar-refractivity contribution in [3.05, 3.63) is 53.1 Å². The summed E-state index contributed by atoms with van der Waals surface area (Å²) in [4.78, 5) is 11.3. The SMILES string of the molecule is O=C(O)C1(c2ccc(-c3cc(O)ccc3Cl)cc2)CC1. The van der Waals surface area contributed by atoms with Gasteiger partial charge in [0.05, 0.1) is 5.41 Å². The molecule has 0 unspecified atom stereocenters. The van der Waals surface area contributed by atoms with Crippen LogP contribution in [0.25, 0.3) is 11.1 Å². The number of carbonyl (C=O) groups is 1. The van der Waals surface area contributed by atoms with E-state index in [4.69, 9.17) is 11.6 Å². The fourth-order valence-corrected chi connectivity index (χ4v) is 2.68. The Morgan fingerprint density at radius 2 is 1.75 bits per heavy atom. The molecule has 1 fully saturated rings. The lowest BCUT2D eigenvalue weighted by Gasteiger charge is -2.11. The highest BCUT2D eigenvalue weighted by molar-refractivity contribution is 6.33. The molecule has 2 N–H and O–H groups in total. The van der Waals surface area contributed by atoms with Gasteiger partial charge >= 0.3 is 5.97 Å². The molecule has 2 aromatic rings. The molecular weight excluding hydrogens is 276 g/mol. The van der Waals surface area contributed by atoms with Crippen LogP contribution in [0.3, 0.4) is 0 Å². The molecular formula is C16H13ClO3. The van der Waals surface area contributed by atoms with Gasteiger partial charge in [0.25, 0.3) is 0 Å². The van der Waals surface area contributed by atoms with Gasteiger partial charge in [0, 0.05) is 10.6 Å². The summed E-state index contributed by atoms with van der Waals surface area (Å²) in [7, 11) is 0. The van der Waals surface area contributed by atoms with E-state index in [0.717, 1.165) is 16.7 Å². The molecule has 0 bridgehead atoms. The van der Waals surface area contributed by atoms with Gasteiger partial charge in [0.2, 0.25) is 0 Å². The van der Waals surface area contributed by atoms with Crippen LogP contribution in [0.5, 0.6) is 5.75 Å². The van der Waals surface area contributed by atoms with Gasteiger partial charge in [-0.1, -0.05) is 35.9 Å². The number of carboxylic acid groups (broad SMARTS) is 1. The minimum atomic E-state index is -0.763. The number of hydrogen-bond acceptors (Lipinski definition) is 2. The van der Waals surface area contributed by atoms with Crippen LogP contribution >= 0.6 is 11.6 Å². The smallest absolute Gasteiger partial charge is 0.314 e. The molecule has 1 aliphatic carbocycles. The van der Waals surface area contributed by atoms with E-state index in [2.05, 4.69) is 0 Å². The second-order valence-electron chi connectivity index (χ2n) is 5.13. The summed E-state index contributed by atoms with van der Waals surface area (Å²) in [5.41, 5.74) is 1.72. The minimum Gasteiger partial charge on any atom is -0.508 e. The first-order valence-electron chi connectivity index (χ1n) is 6.36. The van der Waals surface area contributed by atoms with Crippen molar-refractivity contribution in [2.24, 2.45) is 0 Å². The van der Waals surface area contributed by atoms with E-state index in [9.17, 15) is 15.0 Å². The molecule has 3 nitrogen and oxygen atoms in total. The molecule has 0 atom stereocenters. The number of halogens is 1. The first-order chi connectivity index (χ1) is 9.53. The van der Waals surface area contributed by atoms with Crippen molar-refractivity contribution in [2.75, 3.05) is 0 Å². The molecule has 0 radical (unpaired) electrons. The predicted molar refractivity (Wildman–Crippen MR) is 77.1 cm³/mol. The maximum atomic E-state index is 11.3. The van der Waals surface area contributed by atoms with Gasteiger partial charge in [-0.2, -0.15) is 0 Å². The zero-order chi connectivity index (χ0) is 14.3. The molecule has 102 valence electrons. The van der Waals surface area contributed by atoms with Crippen molar-refractivity contribution >= 4 is 17.6 Å². The first-order valence-corrected chi connectivity index (χ1v) is 6.73. The van der Waals surface area contributed by atoms with Crippen LogP contribution < -0.4 is 0 Å². The summed E-state index contributed by atoms with van der Waals surface area (Å²) in [5.74, 6) is -0.613. The van der Waals surface area contributed by atoms with Gasteiger partial charge < -0.3 is 10.2 Å². The number of hydrogen-bond donors (Lipinski definition) is 2. The van der Waals surface area contributed by atoms with Gasteiger partial charge in [-0.3, -0.25) is 4.79 Å². The van der Waals surface area contributed by atoms with Crippen LogP contribution in [-0.4, -0.2) is 16.2 Å². The standard InChI is InChI=1S/C16H13ClO3/c17-14-6-5-12(18)9-13(14)10-1-3-11(4-2-10)16(7-8-16)15(19)20/h1-6,9,18H,7-8H2,(H,19,20). The summed E-state index contributed by atoms with van der Waals surface area (Å²) < 4.78 is 0. The highest BCUT2D eigenvalue weighted by Crippen LogP contribution is 2.48. The largest absolute Gasteiger partial charge is 0.508 e. The zero-order valence-corrected chi connectivity index (χ0v) is 11.4. The number of phenols is 1. The minimum absolute atomic E-state index is 0.151. The van der Waals surface area contributed by atoms with Gasteiger partial charge in [-0.15, -0.1) is 0 Å². The number of aromatic hydroxyl groups is 1. The Balaban J connectivity index is 1.98. The lowest BCUT2D eigenvalue weighted by atomic mass is 9.94. The van der Waals surface area contributed by atoms with E-state index in [0.29, 0.717) is 17.9 Å². The number of aliphatic carboxylic acids is 1. The van der Waals surface area contributed by atoms with Gasteiger partial charge in [-0.05, 0) is 42.2 Å². The van der Waals surface area contributed by atoms with E-state index >= 15 is 0 Å². The predicted octanol–water partition coefficient (Wildman–Crippen LogP) is 3.83. The molecule has 0 aliphatic heterocycles. The highest BCUT2D eigenvalue weighted by atomic mass is 35.5. The van der Waals surface area contributed by atoms with Crippen molar-refractivity contribution in [2.45, 2.75) is 18.3 Å². The topological polar surface area (TPSA) is 57.5 Å². The van der Waals surface area contributed by atoms with Gasteiger partial charge in [0.1, 0.15) is 5.75 Å². The fourth-order valence-electron chi connectivity index (χ4n) is 2.45. The Morgan fingerprint density at radius 1 is 1.10 bits per heavy atom. The second-order valence-corrected chi connectivity index (χ2v) is 5.54. The fraction of sp³-hybridized carbons (Fsp3) is 0.188. The third kappa shape index (κ3) is 2.04. The van der Waals surface area contributed by atoms with Gasteiger partial charge in [-0.25, -0.2) is 0 Å². The van der Waals surface area contributed by atoms with E-state index in [-0.39, 0.29) is 5.75 Å². The average Bonchev–Trinajstić information content (AvgIpc) is 3.23. The molecule has 2 aromatic carbocycles. The normalized spacial score (nSPS) is 15.8. The molecule has 4 heteroatoms. The third-order valence-electron chi connectivity index (χ3n) is 3.86. The second kappa shape index (κ2) is 4.53. The molecule has 1 saturated carbocycles. The van der Waals surface area contributed by atoms with Crippen LogP contribution in [0, 0.1) is 0 Å². The molecule has 0 heterocycles. The summed E-state index contributed by atoms with van der Waals surface area (Å²) in [6.07, 6.45) is 1.38. The Morgan fingerprint density at radius 3 is 2.30 bits per heavy atom. The Kier molecular flexibility index (Phi) is 2.94. The molecule has 0 aromatic heterocycles. The Labute approximate surface area is 121 Å². The first kappa shape index (κ1) is 13.0. The maximum absolute atomic E-state index is 11.3.